The summed E-state index contributed by atoms with van der Waals surface area (Å²) < 4.78 is 16.4. The molecule has 0 spiro atoms. The molecule has 208 valence electrons. The second kappa shape index (κ2) is 10.5. The van der Waals surface area contributed by atoms with E-state index in [1.54, 1.807) is 29.2 Å². The van der Waals surface area contributed by atoms with Crippen LogP contribution < -0.4 is 0 Å². The number of nitrogens with zero attached hydrogens (tertiary/aromatic N) is 4. The number of rotatable bonds is 6. The lowest BCUT2D eigenvalue weighted by molar-refractivity contribution is 0.00509. The zero-order valence-electron chi connectivity index (χ0n) is 24.8. The number of benzene rings is 1. The lowest BCUT2D eigenvalue weighted by Gasteiger charge is -2.51. The third-order valence-electron chi connectivity index (χ3n) is 9.52. The van der Waals surface area contributed by atoms with Crippen molar-refractivity contribution in [1.29, 1.82) is 0 Å². The zero-order valence-corrected chi connectivity index (χ0v) is 24.8. The van der Waals surface area contributed by atoms with E-state index in [4.69, 9.17) is 0 Å². The average Bonchev–Trinajstić information content (AvgIpc) is 3.24. The van der Waals surface area contributed by atoms with E-state index in [1.165, 1.54) is 29.5 Å². The fourth-order valence-corrected chi connectivity index (χ4v) is 6.98. The number of allylic oxidation sites excluding steroid dienone is 1. The maximum Gasteiger partial charge on any atom is 0.256 e. The van der Waals surface area contributed by atoms with Gasteiger partial charge < -0.3 is 9.47 Å². The maximum absolute atomic E-state index is 14.4. The molecule has 5 rings (SSSR count). The Labute approximate surface area is 232 Å². The van der Waals surface area contributed by atoms with Crippen molar-refractivity contribution < 1.29 is 9.18 Å². The van der Waals surface area contributed by atoms with Crippen LogP contribution in [-0.2, 0) is 6.42 Å². The van der Waals surface area contributed by atoms with Crippen LogP contribution in [0.2, 0.25) is 0 Å². The Kier molecular flexibility index (Phi) is 7.45. The minimum absolute atomic E-state index is 0.00820. The summed E-state index contributed by atoms with van der Waals surface area (Å²) in [4.78, 5) is 22.2. The van der Waals surface area contributed by atoms with Crippen LogP contribution >= 0.6 is 0 Å². The van der Waals surface area contributed by atoms with Gasteiger partial charge in [-0.2, -0.15) is 0 Å². The Balaban J connectivity index is 1.45. The number of hydrogen-bond acceptors (Lipinski definition) is 3. The highest BCUT2D eigenvalue weighted by Gasteiger charge is 2.40. The van der Waals surface area contributed by atoms with Crippen molar-refractivity contribution in [3.8, 4) is 5.69 Å². The van der Waals surface area contributed by atoms with Gasteiger partial charge in [-0.1, -0.05) is 25.0 Å². The molecule has 0 radical (unpaired) electrons. The van der Waals surface area contributed by atoms with Crippen LogP contribution in [0.25, 0.3) is 16.6 Å². The molecule has 1 aromatic carbocycles. The van der Waals surface area contributed by atoms with E-state index in [0.717, 1.165) is 30.6 Å². The Morgan fingerprint density at radius 2 is 1.87 bits per heavy atom. The van der Waals surface area contributed by atoms with E-state index in [9.17, 15) is 9.18 Å². The molecule has 2 aliphatic rings. The lowest BCUT2D eigenvalue weighted by atomic mass is 9.73. The molecule has 39 heavy (non-hydrogen) atoms. The molecule has 1 aliphatic carbocycles. The van der Waals surface area contributed by atoms with E-state index in [-0.39, 0.29) is 11.9 Å². The normalized spacial score (nSPS) is 22.6. The number of hydrogen-bond donors (Lipinski definition) is 0. The largest absolute Gasteiger partial charge is 0.339 e. The predicted molar refractivity (Wildman–Crippen MR) is 157 cm³/mol. The monoisotopic (exact) mass is 530 g/mol. The van der Waals surface area contributed by atoms with E-state index >= 15 is 0 Å². The van der Waals surface area contributed by atoms with E-state index < -0.39 is 5.82 Å². The second-order valence-corrected chi connectivity index (χ2v) is 12.5. The number of carbonyl (C=O) groups excluding carboxylic acids is 1. The lowest BCUT2D eigenvalue weighted by Crippen LogP contribution is -2.57. The summed E-state index contributed by atoms with van der Waals surface area (Å²) in [6, 6.07) is 5.14. The van der Waals surface area contributed by atoms with Gasteiger partial charge in [0.2, 0.25) is 0 Å². The Morgan fingerprint density at radius 1 is 1.15 bits per heavy atom. The molecule has 5 nitrogen and oxygen atoms in total. The molecular weight excluding hydrogens is 487 g/mol. The standard InChI is InChI=1S/C33H43FN4O/c1-19(2)36(8)33(39)28-13-27(34)9-10-29(28)38-18-26(31-22(5)14-35-15-30(31)38)12-25-16-37(17-25)32-21(4)11-20(3)23(6)24(32)7/h9-10,13-15,18-19,21,24-25,32H,11-12,16-17H2,1-8H3. The van der Waals surface area contributed by atoms with Crippen molar-refractivity contribution in [2.75, 3.05) is 20.1 Å². The van der Waals surface area contributed by atoms with Gasteiger partial charge in [-0.15, -0.1) is 0 Å². The van der Waals surface area contributed by atoms with Crippen molar-refractivity contribution in [1.82, 2.24) is 19.4 Å². The van der Waals surface area contributed by atoms with Gasteiger partial charge in [0.05, 0.1) is 23.0 Å². The zero-order chi connectivity index (χ0) is 28.2. The first-order chi connectivity index (χ1) is 18.5. The number of aromatic nitrogens is 2. The average molecular weight is 531 g/mol. The van der Waals surface area contributed by atoms with Crippen LogP contribution in [-0.4, -0.2) is 57.5 Å². The molecular formula is C33H43FN4O. The fourth-order valence-electron chi connectivity index (χ4n) is 6.98. The van der Waals surface area contributed by atoms with Crippen molar-refractivity contribution in [3.63, 3.8) is 0 Å². The number of likely N-dealkylation sites (tertiary alicyclic amines) is 1. The summed E-state index contributed by atoms with van der Waals surface area (Å²) >= 11 is 0. The molecule has 3 heterocycles. The highest BCUT2D eigenvalue weighted by atomic mass is 19.1. The minimum atomic E-state index is -0.411. The summed E-state index contributed by atoms with van der Waals surface area (Å²) in [5.41, 5.74) is 7.54. The van der Waals surface area contributed by atoms with Crippen molar-refractivity contribution in [2.24, 2.45) is 17.8 Å². The quantitative estimate of drug-likeness (QED) is 0.329. The van der Waals surface area contributed by atoms with Gasteiger partial charge in [-0.25, -0.2) is 4.39 Å². The topological polar surface area (TPSA) is 41.4 Å². The van der Waals surface area contributed by atoms with Crippen LogP contribution in [0.3, 0.4) is 0 Å². The Morgan fingerprint density at radius 3 is 2.56 bits per heavy atom. The van der Waals surface area contributed by atoms with Crippen molar-refractivity contribution in [2.45, 2.75) is 73.4 Å². The number of fused-ring (bicyclic) bond motifs is 1. The molecule has 3 unspecified atom stereocenters. The van der Waals surface area contributed by atoms with Gasteiger partial charge in [-0.3, -0.25) is 14.7 Å². The third kappa shape index (κ3) is 4.93. The SMILES string of the molecule is CC1=C(C)C(C)C(N2CC(Cc3cn(-c4ccc(F)cc4C(=O)N(C)C(C)C)c4cncc(C)c34)C2)C(C)C1. The van der Waals surface area contributed by atoms with Crippen molar-refractivity contribution >= 4 is 16.8 Å². The molecule has 2 aromatic heterocycles. The first-order valence-electron chi connectivity index (χ1n) is 14.4. The number of halogens is 1. The number of aryl methyl sites for hydroxylation is 1. The van der Waals surface area contributed by atoms with Gasteiger partial charge in [0.1, 0.15) is 5.82 Å². The predicted octanol–water partition coefficient (Wildman–Crippen LogP) is 6.81. The molecule has 1 saturated heterocycles. The van der Waals surface area contributed by atoms with Crippen molar-refractivity contribution in [3.05, 3.63) is 70.4 Å². The summed E-state index contributed by atoms with van der Waals surface area (Å²) in [6.07, 6.45) is 8.11. The molecule has 6 heteroatoms. The molecule has 0 N–H and O–H groups in total. The van der Waals surface area contributed by atoms with E-state index in [0.29, 0.717) is 35.0 Å². The molecule has 3 atom stereocenters. The van der Waals surface area contributed by atoms with Gasteiger partial charge in [0, 0.05) is 50.0 Å². The fraction of sp³-hybridized carbons (Fsp3) is 0.515. The summed E-state index contributed by atoms with van der Waals surface area (Å²) in [5, 5.41) is 1.19. The first-order valence-corrected chi connectivity index (χ1v) is 14.4. The second-order valence-electron chi connectivity index (χ2n) is 12.5. The van der Waals surface area contributed by atoms with Crippen LogP contribution in [0.15, 0.2) is 47.9 Å². The van der Waals surface area contributed by atoms with Crippen LogP contribution in [0.4, 0.5) is 4.39 Å². The number of pyridine rings is 1. The molecule has 1 aliphatic heterocycles. The Hall–Kier alpha value is -2.99. The van der Waals surface area contributed by atoms with Crippen LogP contribution in [0.5, 0.6) is 0 Å². The van der Waals surface area contributed by atoms with E-state index in [2.05, 4.69) is 50.7 Å². The van der Waals surface area contributed by atoms with E-state index in [1.807, 2.05) is 30.8 Å². The number of amides is 1. The summed E-state index contributed by atoms with van der Waals surface area (Å²) in [6.45, 7) is 17.7. The number of carbonyl (C=O) groups is 1. The summed E-state index contributed by atoms with van der Waals surface area (Å²) in [5.74, 6) is 1.27. The highest BCUT2D eigenvalue weighted by molar-refractivity contribution is 5.99. The molecule has 1 fully saturated rings. The van der Waals surface area contributed by atoms with Crippen LogP contribution in [0.1, 0.15) is 69.4 Å². The maximum atomic E-state index is 14.4. The van der Waals surface area contributed by atoms with Gasteiger partial charge in [0.25, 0.3) is 5.91 Å². The molecule has 3 aromatic rings. The molecule has 0 saturated carbocycles. The summed E-state index contributed by atoms with van der Waals surface area (Å²) in [7, 11) is 1.77. The van der Waals surface area contributed by atoms with Gasteiger partial charge >= 0.3 is 0 Å². The molecule has 1 amide bonds. The van der Waals surface area contributed by atoms with Crippen LogP contribution in [0, 0.1) is 30.5 Å². The molecule has 0 bridgehead atoms. The first kappa shape index (κ1) is 27.6. The van der Waals surface area contributed by atoms with Gasteiger partial charge in [0.15, 0.2) is 0 Å². The van der Waals surface area contributed by atoms with Gasteiger partial charge in [-0.05, 0) is 94.5 Å². The highest BCUT2D eigenvalue weighted by Crippen LogP contribution is 2.40. The third-order valence-corrected chi connectivity index (χ3v) is 9.52. The minimum Gasteiger partial charge on any atom is -0.339 e. The smallest absolute Gasteiger partial charge is 0.256 e. The Bertz CT molecular complexity index is 1430.